The summed E-state index contributed by atoms with van der Waals surface area (Å²) in [6, 6.07) is 10.3. The maximum Gasteiger partial charge on any atom is 0.222 e. The van der Waals surface area contributed by atoms with E-state index in [9.17, 15) is 9.59 Å². The van der Waals surface area contributed by atoms with Gasteiger partial charge in [0.2, 0.25) is 11.8 Å². The number of hydrogen-bond acceptors (Lipinski definition) is 2. The summed E-state index contributed by atoms with van der Waals surface area (Å²) in [7, 11) is 0. The number of benzene rings is 1. The molecule has 1 aromatic rings. The Kier molecular flexibility index (Phi) is 5.37. The number of amides is 2. The van der Waals surface area contributed by atoms with Gasteiger partial charge < -0.3 is 10.2 Å². The first-order valence-electron chi connectivity index (χ1n) is 7.70. The molecule has 1 heterocycles. The van der Waals surface area contributed by atoms with Gasteiger partial charge in [0.15, 0.2) is 0 Å². The number of likely N-dealkylation sites (tertiary alicyclic amines) is 1. The van der Waals surface area contributed by atoms with Crippen LogP contribution in [0.25, 0.3) is 0 Å². The molecule has 1 aliphatic rings. The van der Waals surface area contributed by atoms with E-state index in [0.29, 0.717) is 19.4 Å². The Balaban J connectivity index is 1.78. The molecular formula is C17H24N2O2. The molecule has 0 bridgehead atoms. The molecule has 1 aliphatic heterocycles. The lowest BCUT2D eigenvalue weighted by Crippen LogP contribution is -2.38. The molecule has 1 N–H and O–H groups in total. The number of nitrogens with zero attached hydrogens (tertiary/aromatic N) is 1. The molecule has 4 nitrogen and oxygen atoms in total. The van der Waals surface area contributed by atoms with Crippen molar-refractivity contribution in [3.8, 4) is 0 Å². The van der Waals surface area contributed by atoms with Gasteiger partial charge in [-0.25, -0.2) is 0 Å². The fourth-order valence-electron chi connectivity index (χ4n) is 2.67. The van der Waals surface area contributed by atoms with Gasteiger partial charge in [0.25, 0.3) is 0 Å². The smallest absolute Gasteiger partial charge is 0.222 e. The van der Waals surface area contributed by atoms with Gasteiger partial charge in [-0.1, -0.05) is 37.3 Å². The highest BCUT2D eigenvalue weighted by molar-refractivity contribution is 5.80. The van der Waals surface area contributed by atoms with E-state index >= 15 is 0 Å². The van der Waals surface area contributed by atoms with Crippen molar-refractivity contribution in [3.05, 3.63) is 35.9 Å². The van der Waals surface area contributed by atoms with Crippen LogP contribution in [0.3, 0.4) is 0 Å². The first kappa shape index (κ1) is 15.5. The van der Waals surface area contributed by atoms with Crippen molar-refractivity contribution >= 4 is 11.8 Å². The SMILES string of the molecule is C[C@H](NC(=O)CCN1CCCC1=O)[C@@H](C)c1ccccc1. The molecule has 1 saturated heterocycles. The van der Waals surface area contributed by atoms with Crippen LogP contribution in [0.1, 0.15) is 44.6 Å². The van der Waals surface area contributed by atoms with Gasteiger partial charge >= 0.3 is 0 Å². The van der Waals surface area contributed by atoms with E-state index in [1.54, 1.807) is 4.90 Å². The topological polar surface area (TPSA) is 49.4 Å². The Morgan fingerprint density at radius 1 is 1.29 bits per heavy atom. The van der Waals surface area contributed by atoms with Crippen molar-refractivity contribution in [3.63, 3.8) is 0 Å². The van der Waals surface area contributed by atoms with E-state index in [1.165, 1.54) is 5.56 Å². The molecule has 0 radical (unpaired) electrons. The first-order chi connectivity index (χ1) is 10.1. The third-order valence-corrected chi connectivity index (χ3v) is 4.24. The van der Waals surface area contributed by atoms with Crippen molar-refractivity contribution in [1.29, 1.82) is 0 Å². The van der Waals surface area contributed by atoms with Gasteiger partial charge in [0.1, 0.15) is 0 Å². The molecule has 1 aromatic carbocycles. The first-order valence-corrected chi connectivity index (χ1v) is 7.70. The van der Waals surface area contributed by atoms with Crippen molar-refractivity contribution in [1.82, 2.24) is 10.2 Å². The lowest BCUT2D eigenvalue weighted by Gasteiger charge is -2.22. The molecular weight excluding hydrogens is 264 g/mol. The molecule has 0 aliphatic carbocycles. The maximum atomic E-state index is 12.0. The van der Waals surface area contributed by atoms with Crippen LogP contribution in [0.2, 0.25) is 0 Å². The van der Waals surface area contributed by atoms with E-state index in [0.717, 1.165) is 13.0 Å². The minimum Gasteiger partial charge on any atom is -0.353 e. The van der Waals surface area contributed by atoms with Crippen LogP contribution in [0.5, 0.6) is 0 Å². The second kappa shape index (κ2) is 7.25. The van der Waals surface area contributed by atoms with Gasteiger partial charge in [-0.15, -0.1) is 0 Å². The molecule has 1 fully saturated rings. The largest absolute Gasteiger partial charge is 0.353 e. The molecule has 0 unspecified atom stereocenters. The third-order valence-electron chi connectivity index (χ3n) is 4.24. The van der Waals surface area contributed by atoms with E-state index < -0.39 is 0 Å². The van der Waals surface area contributed by atoms with Crippen molar-refractivity contribution in [2.75, 3.05) is 13.1 Å². The summed E-state index contributed by atoms with van der Waals surface area (Å²) in [5.74, 6) is 0.460. The number of hydrogen-bond donors (Lipinski definition) is 1. The van der Waals surface area contributed by atoms with Gasteiger partial charge in [0, 0.05) is 37.9 Å². The zero-order valence-corrected chi connectivity index (χ0v) is 12.8. The summed E-state index contributed by atoms with van der Waals surface area (Å²) in [6.45, 7) is 5.47. The van der Waals surface area contributed by atoms with E-state index in [1.807, 2.05) is 25.1 Å². The van der Waals surface area contributed by atoms with Crippen LogP contribution in [0.15, 0.2) is 30.3 Å². The monoisotopic (exact) mass is 288 g/mol. The van der Waals surface area contributed by atoms with Gasteiger partial charge in [-0.2, -0.15) is 0 Å². The van der Waals surface area contributed by atoms with Crippen LogP contribution < -0.4 is 5.32 Å². The molecule has 4 heteroatoms. The molecule has 0 saturated carbocycles. The molecule has 2 rings (SSSR count). The Morgan fingerprint density at radius 2 is 2.00 bits per heavy atom. The molecule has 2 amide bonds. The average molecular weight is 288 g/mol. The second-order valence-corrected chi connectivity index (χ2v) is 5.79. The Labute approximate surface area is 126 Å². The Bertz CT molecular complexity index is 487. The van der Waals surface area contributed by atoms with Crippen LogP contribution in [-0.4, -0.2) is 35.8 Å². The van der Waals surface area contributed by atoms with Crippen LogP contribution >= 0.6 is 0 Å². The van der Waals surface area contributed by atoms with Crippen LogP contribution in [0.4, 0.5) is 0 Å². The predicted octanol–water partition coefficient (Wildman–Crippen LogP) is 2.31. The van der Waals surface area contributed by atoms with E-state index in [4.69, 9.17) is 0 Å². The number of carbonyl (C=O) groups excluding carboxylic acids is 2. The number of carbonyl (C=O) groups is 2. The zero-order chi connectivity index (χ0) is 15.2. The minimum atomic E-state index is 0.0185. The predicted molar refractivity (Wildman–Crippen MR) is 82.9 cm³/mol. The van der Waals surface area contributed by atoms with Gasteiger partial charge in [0.05, 0.1) is 0 Å². The molecule has 21 heavy (non-hydrogen) atoms. The van der Waals surface area contributed by atoms with Crippen LogP contribution in [-0.2, 0) is 9.59 Å². The standard InChI is InChI=1S/C17H24N2O2/c1-13(15-7-4-3-5-8-15)14(2)18-16(20)10-12-19-11-6-9-17(19)21/h3-5,7-8,13-14H,6,9-12H2,1-2H3,(H,18,20)/t13-,14+/m1/s1. The third kappa shape index (κ3) is 4.31. The lowest BCUT2D eigenvalue weighted by atomic mass is 9.94. The highest BCUT2D eigenvalue weighted by Crippen LogP contribution is 2.18. The minimum absolute atomic E-state index is 0.0185. The highest BCUT2D eigenvalue weighted by Gasteiger charge is 2.21. The number of rotatable bonds is 6. The summed E-state index contributed by atoms with van der Waals surface area (Å²) in [4.78, 5) is 25.3. The summed E-state index contributed by atoms with van der Waals surface area (Å²) < 4.78 is 0. The zero-order valence-electron chi connectivity index (χ0n) is 12.8. The van der Waals surface area contributed by atoms with Gasteiger partial charge in [-0.05, 0) is 18.9 Å². The van der Waals surface area contributed by atoms with Crippen molar-refractivity contribution in [2.45, 2.75) is 45.1 Å². The van der Waals surface area contributed by atoms with E-state index in [2.05, 4.69) is 24.4 Å². The van der Waals surface area contributed by atoms with E-state index in [-0.39, 0.29) is 23.8 Å². The Morgan fingerprint density at radius 3 is 2.62 bits per heavy atom. The lowest BCUT2D eigenvalue weighted by molar-refractivity contribution is -0.128. The summed E-state index contributed by atoms with van der Waals surface area (Å²) in [6.07, 6.45) is 1.93. The normalized spacial score (nSPS) is 17.6. The fourth-order valence-corrected chi connectivity index (χ4v) is 2.67. The fraction of sp³-hybridized carbons (Fsp3) is 0.529. The molecule has 0 aromatic heterocycles. The summed E-state index contributed by atoms with van der Waals surface area (Å²) in [5, 5.41) is 3.04. The average Bonchev–Trinajstić information content (AvgIpc) is 2.90. The highest BCUT2D eigenvalue weighted by atomic mass is 16.2. The quantitative estimate of drug-likeness (QED) is 0.873. The maximum absolute atomic E-state index is 12.0. The summed E-state index contributed by atoms with van der Waals surface area (Å²) in [5.41, 5.74) is 1.22. The number of nitrogens with one attached hydrogen (secondary N) is 1. The van der Waals surface area contributed by atoms with Gasteiger partial charge in [-0.3, -0.25) is 9.59 Å². The van der Waals surface area contributed by atoms with Crippen LogP contribution in [0, 0.1) is 0 Å². The molecule has 0 spiro atoms. The molecule has 2 atom stereocenters. The Hall–Kier alpha value is -1.84. The van der Waals surface area contributed by atoms with Crippen molar-refractivity contribution < 1.29 is 9.59 Å². The van der Waals surface area contributed by atoms with Crippen molar-refractivity contribution in [2.24, 2.45) is 0 Å². The summed E-state index contributed by atoms with van der Waals surface area (Å²) >= 11 is 0. The second-order valence-electron chi connectivity index (χ2n) is 5.79. The molecule has 114 valence electrons.